The highest BCUT2D eigenvalue weighted by atomic mass is 16.5. The average molecular weight is 273 g/mol. The van der Waals surface area contributed by atoms with Crippen LogP contribution in [0.1, 0.15) is 43.8 Å². The van der Waals surface area contributed by atoms with Gasteiger partial charge in [-0.3, -0.25) is 4.79 Å². The van der Waals surface area contributed by atoms with Crippen LogP contribution in [0.15, 0.2) is 30.3 Å². The SMILES string of the molecule is O=C(C1CCCCC1)N1CCO[C@@H](c2ccccc2)C1. The molecule has 1 aromatic rings. The lowest BCUT2D eigenvalue weighted by molar-refractivity contribution is -0.144. The molecular weight excluding hydrogens is 250 g/mol. The lowest BCUT2D eigenvalue weighted by Gasteiger charge is -2.36. The Balaban J connectivity index is 1.64. The molecule has 1 atom stereocenters. The summed E-state index contributed by atoms with van der Waals surface area (Å²) in [6.45, 7) is 2.11. The second-order valence-corrected chi connectivity index (χ2v) is 5.89. The van der Waals surface area contributed by atoms with Crippen molar-refractivity contribution in [2.24, 2.45) is 5.92 Å². The van der Waals surface area contributed by atoms with Crippen molar-refractivity contribution in [2.75, 3.05) is 19.7 Å². The third-order valence-corrected chi connectivity index (χ3v) is 4.50. The van der Waals surface area contributed by atoms with Crippen molar-refractivity contribution in [1.29, 1.82) is 0 Å². The minimum atomic E-state index is 0.0393. The summed E-state index contributed by atoms with van der Waals surface area (Å²) >= 11 is 0. The number of carbonyl (C=O) groups is 1. The van der Waals surface area contributed by atoms with Gasteiger partial charge in [-0.15, -0.1) is 0 Å². The van der Waals surface area contributed by atoms with Gasteiger partial charge < -0.3 is 9.64 Å². The van der Waals surface area contributed by atoms with Crippen LogP contribution in [-0.4, -0.2) is 30.5 Å². The van der Waals surface area contributed by atoms with E-state index in [-0.39, 0.29) is 12.0 Å². The van der Waals surface area contributed by atoms with E-state index in [4.69, 9.17) is 4.74 Å². The molecule has 0 N–H and O–H groups in total. The Morgan fingerprint density at radius 1 is 1.10 bits per heavy atom. The van der Waals surface area contributed by atoms with E-state index in [2.05, 4.69) is 12.1 Å². The summed E-state index contributed by atoms with van der Waals surface area (Å²) in [7, 11) is 0. The van der Waals surface area contributed by atoms with Crippen LogP contribution in [0.5, 0.6) is 0 Å². The third-order valence-electron chi connectivity index (χ3n) is 4.50. The van der Waals surface area contributed by atoms with Gasteiger partial charge in [0.05, 0.1) is 13.2 Å². The molecule has 1 aromatic carbocycles. The summed E-state index contributed by atoms with van der Waals surface area (Å²) in [6, 6.07) is 10.2. The lowest BCUT2D eigenvalue weighted by atomic mass is 9.88. The summed E-state index contributed by atoms with van der Waals surface area (Å²) in [5, 5.41) is 0. The van der Waals surface area contributed by atoms with Crippen molar-refractivity contribution in [1.82, 2.24) is 4.90 Å². The third kappa shape index (κ3) is 3.04. The molecule has 1 aliphatic heterocycles. The van der Waals surface area contributed by atoms with Gasteiger partial charge in [-0.2, -0.15) is 0 Å². The maximum atomic E-state index is 12.6. The molecule has 20 heavy (non-hydrogen) atoms. The van der Waals surface area contributed by atoms with E-state index < -0.39 is 0 Å². The molecule has 0 unspecified atom stereocenters. The van der Waals surface area contributed by atoms with E-state index in [0.717, 1.165) is 19.4 Å². The van der Waals surface area contributed by atoms with Crippen LogP contribution in [-0.2, 0) is 9.53 Å². The first kappa shape index (κ1) is 13.6. The van der Waals surface area contributed by atoms with E-state index in [1.165, 1.54) is 24.8 Å². The van der Waals surface area contributed by atoms with Crippen molar-refractivity contribution in [2.45, 2.75) is 38.2 Å². The number of hydrogen-bond donors (Lipinski definition) is 0. The van der Waals surface area contributed by atoms with E-state index in [1.54, 1.807) is 0 Å². The molecule has 3 rings (SSSR count). The predicted octanol–water partition coefficient (Wildman–Crippen LogP) is 3.17. The smallest absolute Gasteiger partial charge is 0.225 e. The Hall–Kier alpha value is -1.35. The van der Waals surface area contributed by atoms with Gasteiger partial charge in [0.25, 0.3) is 0 Å². The second-order valence-electron chi connectivity index (χ2n) is 5.89. The Morgan fingerprint density at radius 2 is 1.85 bits per heavy atom. The maximum Gasteiger partial charge on any atom is 0.225 e. The van der Waals surface area contributed by atoms with Gasteiger partial charge in [-0.25, -0.2) is 0 Å². The number of nitrogens with zero attached hydrogens (tertiary/aromatic N) is 1. The fourth-order valence-electron chi connectivity index (χ4n) is 3.33. The number of morpholine rings is 1. The molecular formula is C17H23NO2. The molecule has 1 aliphatic carbocycles. The van der Waals surface area contributed by atoms with Crippen molar-refractivity contribution in [3.05, 3.63) is 35.9 Å². The highest BCUT2D eigenvalue weighted by molar-refractivity contribution is 5.79. The summed E-state index contributed by atoms with van der Waals surface area (Å²) < 4.78 is 5.84. The van der Waals surface area contributed by atoms with Gasteiger partial charge in [0, 0.05) is 12.5 Å². The molecule has 3 nitrogen and oxygen atoms in total. The Morgan fingerprint density at radius 3 is 2.60 bits per heavy atom. The zero-order chi connectivity index (χ0) is 13.8. The molecule has 108 valence electrons. The van der Waals surface area contributed by atoms with Crippen LogP contribution in [0.4, 0.5) is 0 Å². The normalized spacial score (nSPS) is 24.6. The molecule has 0 spiro atoms. The molecule has 0 aromatic heterocycles. The first-order valence-corrected chi connectivity index (χ1v) is 7.80. The number of hydrogen-bond acceptors (Lipinski definition) is 2. The highest BCUT2D eigenvalue weighted by Gasteiger charge is 2.30. The topological polar surface area (TPSA) is 29.5 Å². The van der Waals surface area contributed by atoms with Gasteiger partial charge in [0.1, 0.15) is 6.10 Å². The Bertz CT molecular complexity index is 440. The van der Waals surface area contributed by atoms with Crippen molar-refractivity contribution < 1.29 is 9.53 Å². The number of ether oxygens (including phenoxy) is 1. The minimum Gasteiger partial charge on any atom is -0.370 e. The van der Waals surface area contributed by atoms with Crippen LogP contribution >= 0.6 is 0 Å². The van der Waals surface area contributed by atoms with Crippen molar-refractivity contribution in [3.63, 3.8) is 0 Å². The van der Waals surface area contributed by atoms with Gasteiger partial charge in [0.15, 0.2) is 0 Å². The molecule has 0 radical (unpaired) electrons. The largest absolute Gasteiger partial charge is 0.370 e. The zero-order valence-corrected chi connectivity index (χ0v) is 12.0. The van der Waals surface area contributed by atoms with Gasteiger partial charge >= 0.3 is 0 Å². The highest BCUT2D eigenvalue weighted by Crippen LogP contribution is 2.28. The predicted molar refractivity (Wildman–Crippen MR) is 78.3 cm³/mol. The van der Waals surface area contributed by atoms with Gasteiger partial charge in [-0.05, 0) is 18.4 Å². The number of carbonyl (C=O) groups excluding carboxylic acids is 1. The van der Waals surface area contributed by atoms with Crippen LogP contribution in [0.2, 0.25) is 0 Å². The fourth-order valence-corrected chi connectivity index (χ4v) is 3.33. The van der Waals surface area contributed by atoms with Gasteiger partial charge in [0.2, 0.25) is 5.91 Å². The van der Waals surface area contributed by atoms with Crippen LogP contribution in [0.3, 0.4) is 0 Å². The molecule has 2 aliphatic rings. The fraction of sp³-hybridized carbons (Fsp3) is 0.588. The summed E-state index contributed by atoms with van der Waals surface area (Å²) in [6.07, 6.45) is 5.90. The Labute approximate surface area is 120 Å². The monoisotopic (exact) mass is 273 g/mol. The van der Waals surface area contributed by atoms with Crippen LogP contribution < -0.4 is 0 Å². The van der Waals surface area contributed by atoms with E-state index in [9.17, 15) is 4.79 Å². The Kier molecular flexibility index (Phi) is 4.36. The lowest BCUT2D eigenvalue weighted by Crippen LogP contribution is -2.45. The van der Waals surface area contributed by atoms with Crippen molar-refractivity contribution in [3.8, 4) is 0 Å². The first-order chi connectivity index (χ1) is 9.84. The molecule has 3 heteroatoms. The molecule has 0 bridgehead atoms. The van der Waals surface area contributed by atoms with Crippen molar-refractivity contribution >= 4 is 5.91 Å². The summed E-state index contributed by atoms with van der Waals surface area (Å²) in [4.78, 5) is 14.6. The summed E-state index contributed by atoms with van der Waals surface area (Å²) in [5.74, 6) is 0.618. The number of benzene rings is 1. The molecule has 1 amide bonds. The maximum absolute atomic E-state index is 12.6. The standard InChI is InChI=1S/C17H23NO2/c19-17(15-9-5-2-6-10-15)18-11-12-20-16(13-18)14-7-3-1-4-8-14/h1,3-4,7-8,15-16H,2,5-6,9-13H2/t16-/m1/s1. The van der Waals surface area contributed by atoms with E-state index >= 15 is 0 Å². The zero-order valence-electron chi connectivity index (χ0n) is 12.0. The molecule has 1 heterocycles. The van der Waals surface area contributed by atoms with Crippen LogP contribution in [0, 0.1) is 5.92 Å². The second kappa shape index (κ2) is 6.40. The number of amides is 1. The molecule has 2 fully saturated rings. The quantitative estimate of drug-likeness (QED) is 0.828. The summed E-state index contributed by atoms with van der Waals surface area (Å²) in [5.41, 5.74) is 1.17. The molecule has 1 saturated carbocycles. The van der Waals surface area contributed by atoms with E-state index in [0.29, 0.717) is 19.1 Å². The first-order valence-electron chi connectivity index (χ1n) is 7.80. The van der Waals surface area contributed by atoms with Gasteiger partial charge in [-0.1, -0.05) is 49.6 Å². The average Bonchev–Trinajstić information content (AvgIpc) is 2.56. The minimum absolute atomic E-state index is 0.0393. The van der Waals surface area contributed by atoms with Crippen LogP contribution in [0.25, 0.3) is 0 Å². The number of rotatable bonds is 2. The molecule has 1 saturated heterocycles. The van der Waals surface area contributed by atoms with E-state index in [1.807, 2.05) is 23.1 Å².